The van der Waals surface area contributed by atoms with Gasteiger partial charge < -0.3 is 11.1 Å². The average molecular weight is 153 g/mol. The zero-order valence-electron chi connectivity index (χ0n) is 6.71. The van der Waals surface area contributed by atoms with Gasteiger partial charge in [0.1, 0.15) is 0 Å². The summed E-state index contributed by atoms with van der Waals surface area (Å²) < 4.78 is 0. The number of hydrogen-bond acceptors (Lipinski definition) is 3. The summed E-state index contributed by atoms with van der Waals surface area (Å²) in [5.41, 5.74) is 5.58. The molecule has 3 nitrogen and oxygen atoms in total. The van der Waals surface area contributed by atoms with Crippen molar-refractivity contribution in [1.82, 2.24) is 5.32 Å². The molecule has 11 heavy (non-hydrogen) atoms. The number of aliphatic imine (C=N–C) groups is 1. The van der Waals surface area contributed by atoms with Crippen molar-refractivity contribution in [1.29, 1.82) is 0 Å². The van der Waals surface area contributed by atoms with Crippen molar-refractivity contribution in [2.24, 2.45) is 16.6 Å². The summed E-state index contributed by atoms with van der Waals surface area (Å²) in [5, 5.41) is 3.25. The Balaban J connectivity index is 2.04. The van der Waals surface area contributed by atoms with Gasteiger partial charge >= 0.3 is 0 Å². The van der Waals surface area contributed by atoms with Crippen LogP contribution in [0, 0.1) is 5.92 Å². The summed E-state index contributed by atoms with van der Waals surface area (Å²) in [7, 11) is 0. The van der Waals surface area contributed by atoms with E-state index in [-0.39, 0.29) is 0 Å². The van der Waals surface area contributed by atoms with Crippen LogP contribution in [0.15, 0.2) is 4.99 Å². The average Bonchev–Trinajstić information content (AvgIpc) is 2.04. The molecule has 2 atom stereocenters. The van der Waals surface area contributed by atoms with Crippen LogP contribution in [0.2, 0.25) is 0 Å². The highest BCUT2D eigenvalue weighted by molar-refractivity contribution is 5.78. The molecule has 3 N–H and O–H groups in total. The van der Waals surface area contributed by atoms with Crippen molar-refractivity contribution >= 4 is 5.96 Å². The highest BCUT2D eigenvalue weighted by atomic mass is 15.1. The van der Waals surface area contributed by atoms with E-state index in [9.17, 15) is 0 Å². The molecule has 0 bridgehead atoms. The van der Waals surface area contributed by atoms with E-state index in [1.54, 1.807) is 0 Å². The molecule has 0 aromatic heterocycles. The lowest BCUT2D eigenvalue weighted by Gasteiger charge is -2.34. The lowest BCUT2D eigenvalue weighted by atomic mass is 9.84. The Bertz CT molecular complexity index is 176. The molecule has 0 aromatic rings. The summed E-state index contributed by atoms with van der Waals surface area (Å²) in [4.78, 5) is 4.20. The van der Waals surface area contributed by atoms with Crippen LogP contribution in [0.4, 0.5) is 0 Å². The second-order valence-corrected chi connectivity index (χ2v) is 3.52. The summed E-state index contributed by atoms with van der Waals surface area (Å²) in [6, 6.07) is 0.626. The Kier molecular flexibility index (Phi) is 1.72. The van der Waals surface area contributed by atoms with Crippen LogP contribution in [0.25, 0.3) is 0 Å². The largest absolute Gasteiger partial charge is 0.370 e. The molecule has 3 heteroatoms. The van der Waals surface area contributed by atoms with Crippen molar-refractivity contribution in [3.05, 3.63) is 0 Å². The fourth-order valence-corrected chi connectivity index (χ4v) is 2.07. The first-order chi connectivity index (χ1) is 5.36. The Morgan fingerprint density at radius 3 is 3.09 bits per heavy atom. The van der Waals surface area contributed by atoms with Crippen LogP contribution in [0.5, 0.6) is 0 Å². The lowest BCUT2D eigenvalue weighted by molar-refractivity contribution is 0.282. The number of fused-ring (bicyclic) bond motifs is 1. The van der Waals surface area contributed by atoms with E-state index in [0.717, 1.165) is 12.5 Å². The van der Waals surface area contributed by atoms with E-state index in [4.69, 9.17) is 5.73 Å². The van der Waals surface area contributed by atoms with E-state index in [1.165, 1.54) is 25.7 Å². The molecule has 0 radical (unpaired) electrons. The van der Waals surface area contributed by atoms with Crippen molar-refractivity contribution < 1.29 is 0 Å². The highest BCUT2D eigenvalue weighted by Gasteiger charge is 2.27. The fourth-order valence-electron chi connectivity index (χ4n) is 2.07. The molecule has 2 rings (SSSR count). The van der Waals surface area contributed by atoms with Gasteiger partial charge in [-0.2, -0.15) is 0 Å². The van der Waals surface area contributed by atoms with Gasteiger partial charge in [-0.05, 0) is 18.8 Å². The minimum atomic E-state index is 0.626. The normalized spacial score (nSPS) is 36.9. The standard InChI is InChI=1S/C8H15N3/c9-8-10-5-6-3-1-2-4-7(6)11-8/h6-7H,1-5H2,(H3,9,10,11)/t6-,7+/m1/s1. The monoisotopic (exact) mass is 153 g/mol. The molecule has 0 aromatic carbocycles. The van der Waals surface area contributed by atoms with E-state index < -0.39 is 0 Å². The topological polar surface area (TPSA) is 50.4 Å². The number of guanidine groups is 1. The van der Waals surface area contributed by atoms with Crippen LogP contribution in [-0.2, 0) is 0 Å². The third-order valence-electron chi connectivity index (χ3n) is 2.74. The van der Waals surface area contributed by atoms with Gasteiger partial charge in [-0.1, -0.05) is 12.8 Å². The third-order valence-corrected chi connectivity index (χ3v) is 2.74. The maximum Gasteiger partial charge on any atom is 0.188 e. The fraction of sp³-hybridized carbons (Fsp3) is 0.875. The maximum atomic E-state index is 5.58. The van der Waals surface area contributed by atoms with Crippen LogP contribution in [-0.4, -0.2) is 18.5 Å². The van der Waals surface area contributed by atoms with Gasteiger partial charge in [-0.3, -0.25) is 4.99 Å². The van der Waals surface area contributed by atoms with E-state index >= 15 is 0 Å². The first-order valence-corrected chi connectivity index (χ1v) is 4.43. The molecule has 1 fully saturated rings. The summed E-state index contributed by atoms with van der Waals surface area (Å²) in [6.07, 6.45) is 5.33. The molecular formula is C8H15N3. The minimum Gasteiger partial charge on any atom is -0.370 e. The summed E-state index contributed by atoms with van der Waals surface area (Å²) >= 11 is 0. The lowest BCUT2D eigenvalue weighted by Crippen LogP contribution is -2.50. The molecule has 0 saturated heterocycles. The van der Waals surface area contributed by atoms with Gasteiger partial charge in [-0.25, -0.2) is 0 Å². The summed E-state index contributed by atoms with van der Waals surface area (Å²) in [5.74, 6) is 1.41. The predicted molar refractivity (Wildman–Crippen MR) is 45.4 cm³/mol. The number of nitrogens with zero attached hydrogens (tertiary/aromatic N) is 1. The Labute approximate surface area is 67.1 Å². The van der Waals surface area contributed by atoms with Gasteiger partial charge in [0.05, 0.1) is 0 Å². The molecule has 1 heterocycles. The van der Waals surface area contributed by atoms with Gasteiger partial charge in [-0.15, -0.1) is 0 Å². The third kappa shape index (κ3) is 1.32. The van der Waals surface area contributed by atoms with Crippen molar-refractivity contribution in [3.8, 4) is 0 Å². The first kappa shape index (κ1) is 6.95. The van der Waals surface area contributed by atoms with Crippen molar-refractivity contribution in [3.63, 3.8) is 0 Å². The van der Waals surface area contributed by atoms with Crippen molar-refractivity contribution in [2.45, 2.75) is 31.7 Å². The molecule has 1 saturated carbocycles. The van der Waals surface area contributed by atoms with Gasteiger partial charge in [0.25, 0.3) is 0 Å². The van der Waals surface area contributed by atoms with Gasteiger partial charge in [0.15, 0.2) is 5.96 Å². The summed E-state index contributed by atoms with van der Waals surface area (Å²) in [6.45, 7) is 0.948. The van der Waals surface area contributed by atoms with Crippen LogP contribution < -0.4 is 11.1 Å². The molecule has 0 unspecified atom stereocenters. The smallest absolute Gasteiger partial charge is 0.188 e. The predicted octanol–water partition coefficient (Wildman–Crippen LogP) is 0.463. The molecule has 0 amide bonds. The molecule has 62 valence electrons. The van der Waals surface area contributed by atoms with Gasteiger partial charge in [0, 0.05) is 12.6 Å². The van der Waals surface area contributed by atoms with Crippen LogP contribution in [0.1, 0.15) is 25.7 Å². The zero-order valence-corrected chi connectivity index (χ0v) is 6.71. The van der Waals surface area contributed by atoms with E-state index in [1.807, 2.05) is 0 Å². The second kappa shape index (κ2) is 2.72. The van der Waals surface area contributed by atoms with Crippen molar-refractivity contribution in [2.75, 3.05) is 6.54 Å². The Morgan fingerprint density at radius 2 is 2.18 bits per heavy atom. The maximum absolute atomic E-state index is 5.58. The first-order valence-electron chi connectivity index (χ1n) is 4.43. The molecule has 0 spiro atoms. The molecule has 1 aliphatic heterocycles. The number of nitrogens with two attached hydrogens (primary N) is 1. The Hall–Kier alpha value is -0.730. The van der Waals surface area contributed by atoms with Gasteiger partial charge in [0.2, 0.25) is 0 Å². The number of hydrogen-bond donors (Lipinski definition) is 2. The Morgan fingerprint density at radius 1 is 1.36 bits per heavy atom. The molecule has 1 aliphatic carbocycles. The molecule has 2 aliphatic rings. The number of nitrogens with one attached hydrogen (secondary N) is 1. The van der Waals surface area contributed by atoms with Crippen LogP contribution in [0.3, 0.4) is 0 Å². The number of rotatable bonds is 0. The second-order valence-electron chi connectivity index (χ2n) is 3.52. The molecular weight excluding hydrogens is 138 g/mol. The minimum absolute atomic E-state index is 0.626. The SMILES string of the molecule is NC1=NC[C@H]2CCCC[C@@H]2N1. The highest BCUT2D eigenvalue weighted by Crippen LogP contribution is 2.25. The van der Waals surface area contributed by atoms with E-state index in [2.05, 4.69) is 10.3 Å². The quantitative estimate of drug-likeness (QED) is 0.531. The van der Waals surface area contributed by atoms with Crippen LogP contribution >= 0.6 is 0 Å². The van der Waals surface area contributed by atoms with E-state index in [0.29, 0.717) is 12.0 Å². The zero-order chi connectivity index (χ0) is 7.68.